The molecular weight excluding hydrogens is 399 g/mol. The van der Waals surface area contributed by atoms with Crippen molar-refractivity contribution in [1.82, 2.24) is 14.9 Å². The number of carbonyl (C=O) groups excluding carboxylic acids is 1. The summed E-state index contributed by atoms with van der Waals surface area (Å²) in [6, 6.07) is 5.86. The van der Waals surface area contributed by atoms with E-state index in [2.05, 4.69) is 20.6 Å². The molecule has 1 saturated heterocycles. The number of nitrogens with zero attached hydrogens (tertiary/aromatic N) is 3. The molecule has 0 saturated carbocycles. The Balaban J connectivity index is 1.58. The van der Waals surface area contributed by atoms with E-state index in [4.69, 9.17) is 4.74 Å². The number of ether oxygens (including phenoxy) is 1. The first-order valence-electron chi connectivity index (χ1n) is 9.66. The zero-order valence-corrected chi connectivity index (χ0v) is 16.6. The predicted octanol–water partition coefficient (Wildman–Crippen LogP) is 4.04. The van der Waals surface area contributed by atoms with Crippen LogP contribution in [0.3, 0.4) is 0 Å². The van der Waals surface area contributed by atoms with E-state index in [1.54, 1.807) is 6.92 Å². The molecule has 1 fully saturated rings. The second-order valence-electron chi connectivity index (χ2n) is 7.38. The van der Waals surface area contributed by atoms with E-state index in [0.717, 1.165) is 30.2 Å². The van der Waals surface area contributed by atoms with Crippen LogP contribution in [0, 0.1) is 0 Å². The van der Waals surface area contributed by atoms with Crippen molar-refractivity contribution in [2.75, 3.05) is 30.9 Å². The SMILES string of the molecule is COCCNc1nc(Nc2ccc3c(c2)[C@H]2CC[C@@H]3N2C(C)=O)ncc1C(F)(F)F. The molecule has 7 nitrogen and oxygen atoms in total. The maximum absolute atomic E-state index is 13.3. The number of hydrogen-bond donors (Lipinski definition) is 2. The number of fused-ring (bicyclic) bond motifs is 5. The molecule has 3 heterocycles. The number of anilines is 3. The molecule has 2 aromatic rings. The first-order chi connectivity index (χ1) is 14.3. The second kappa shape index (κ2) is 7.75. The van der Waals surface area contributed by atoms with Crippen LogP contribution in [-0.2, 0) is 15.7 Å². The number of carbonyl (C=O) groups is 1. The van der Waals surface area contributed by atoms with Gasteiger partial charge in [0.05, 0.1) is 18.7 Å². The molecule has 4 rings (SSSR count). The summed E-state index contributed by atoms with van der Waals surface area (Å²) in [6.45, 7) is 1.99. The Labute approximate surface area is 171 Å². The number of rotatable bonds is 6. The van der Waals surface area contributed by atoms with Gasteiger partial charge in [-0.1, -0.05) is 6.07 Å². The van der Waals surface area contributed by atoms with Crippen molar-refractivity contribution >= 4 is 23.4 Å². The molecule has 30 heavy (non-hydrogen) atoms. The van der Waals surface area contributed by atoms with E-state index in [1.165, 1.54) is 7.11 Å². The Hall–Kier alpha value is -2.88. The average Bonchev–Trinajstić information content (AvgIpc) is 3.25. The maximum atomic E-state index is 13.3. The van der Waals surface area contributed by atoms with Gasteiger partial charge in [-0.15, -0.1) is 0 Å². The first-order valence-corrected chi connectivity index (χ1v) is 9.66. The third-order valence-electron chi connectivity index (χ3n) is 5.50. The molecule has 1 aromatic carbocycles. The fourth-order valence-electron chi connectivity index (χ4n) is 4.29. The molecule has 0 aliphatic carbocycles. The summed E-state index contributed by atoms with van der Waals surface area (Å²) in [7, 11) is 1.47. The summed E-state index contributed by atoms with van der Waals surface area (Å²) in [6.07, 6.45) is -1.96. The van der Waals surface area contributed by atoms with E-state index < -0.39 is 11.7 Å². The van der Waals surface area contributed by atoms with Gasteiger partial charge in [-0.3, -0.25) is 4.79 Å². The number of hydrogen-bond acceptors (Lipinski definition) is 6. The molecule has 10 heteroatoms. The Morgan fingerprint density at radius 3 is 2.67 bits per heavy atom. The Morgan fingerprint density at radius 2 is 2.00 bits per heavy atom. The number of aromatic nitrogens is 2. The number of amides is 1. The number of methoxy groups -OCH3 is 1. The molecule has 2 atom stereocenters. The molecule has 2 N–H and O–H groups in total. The molecule has 2 aliphatic rings. The molecular formula is C20H22F3N5O2. The highest BCUT2D eigenvalue weighted by atomic mass is 19.4. The lowest BCUT2D eigenvalue weighted by molar-refractivity contribution is -0.137. The molecule has 1 aromatic heterocycles. The summed E-state index contributed by atoms with van der Waals surface area (Å²) < 4.78 is 44.6. The van der Waals surface area contributed by atoms with Gasteiger partial charge in [-0.05, 0) is 36.1 Å². The topological polar surface area (TPSA) is 79.4 Å². The summed E-state index contributed by atoms with van der Waals surface area (Å²) in [5.41, 5.74) is 1.92. The highest BCUT2D eigenvalue weighted by Gasteiger charge is 2.45. The van der Waals surface area contributed by atoms with Crippen molar-refractivity contribution in [1.29, 1.82) is 0 Å². The molecule has 0 unspecified atom stereocenters. The van der Waals surface area contributed by atoms with Gasteiger partial charge in [0.25, 0.3) is 0 Å². The van der Waals surface area contributed by atoms with Gasteiger partial charge >= 0.3 is 6.18 Å². The minimum absolute atomic E-state index is 0.0454. The van der Waals surface area contributed by atoms with Crippen molar-refractivity contribution in [3.8, 4) is 0 Å². The lowest BCUT2D eigenvalue weighted by atomic mass is 9.91. The molecule has 2 aliphatic heterocycles. The standard InChI is InChI=1S/C20H22F3N5O2/c1-11(29)28-16-5-6-17(28)14-9-12(3-4-13(14)16)26-19-25-10-15(20(21,22)23)18(27-19)24-7-8-30-2/h3-4,9-10,16-17H,5-8H2,1-2H3,(H2,24,25,26,27)/t16-,17+/m0/s1. The van der Waals surface area contributed by atoms with E-state index >= 15 is 0 Å². The second-order valence-corrected chi connectivity index (χ2v) is 7.38. The van der Waals surface area contributed by atoms with Crippen LogP contribution in [0.5, 0.6) is 0 Å². The molecule has 0 spiro atoms. The maximum Gasteiger partial charge on any atom is 0.421 e. The van der Waals surface area contributed by atoms with Crippen LogP contribution in [0.25, 0.3) is 0 Å². The Kier molecular flexibility index (Phi) is 5.27. The van der Waals surface area contributed by atoms with Crippen LogP contribution in [0.4, 0.5) is 30.6 Å². The van der Waals surface area contributed by atoms with Crippen LogP contribution in [0.2, 0.25) is 0 Å². The zero-order valence-electron chi connectivity index (χ0n) is 16.6. The summed E-state index contributed by atoms with van der Waals surface area (Å²) in [4.78, 5) is 21.7. The van der Waals surface area contributed by atoms with Crippen LogP contribution in [-0.4, -0.2) is 41.0 Å². The van der Waals surface area contributed by atoms with Crippen molar-refractivity contribution in [2.24, 2.45) is 0 Å². The molecule has 160 valence electrons. The van der Waals surface area contributed by atoms with Crippen molar-refractivity contribution in [3.63, 3.8) is 0 Å². The van der Waals surface area contributed by atoms with Crippen molar-refractivity contribution < 1.29 is 22.7 Å². The molecule has 2 bridgehead atoms. The van der Waals surface area contributed by atoms with Gasteiger partial charge in [0.2, 0.25) is 11.9 Å². The minimum Gasteiger partial charge on any atom is -0.383 e. The zero-order chi connectivity index (χ0) is 21.5. The van der Waals surface area contributed by atoms with Crippen LogP contribution < -0.4 is 10.6 Å². The van der Waals surface area contributed by atoms with Gasteiger partial charge in [0.1, 0.15) is 11.4 Å². The van der Waals surface area contributed by atoms with Gasteiger partial charge < -0.3 is 20.3 Å². The fourth-order valence-corrected chi connectivity index (χ4v) is 4.29. The third-order valence-corrected chi connectivity index (χ3v) is 5.50. The minimum atomic E-state index is -4.57. The summed E-state index contributed by atoms with van der Waals surface area (Å²) >= 11 is 0. The normalized spacial score (nSPS) is 19.7. The number of halogens is 3. The van der Waals surface area contributed by atoms with Gasteiger partial charge in [-0.25, -0.2) is 4.98 Å². The van der Waals surface area contributed by atoms with Crippen LogP contribution in [0.1, 0.15) is 48.5 Å². The summed E-state index contributed by atoms with van der Waals surface area (Å²) in [5.74, 6) is -0.208. The fraction of sp³-hybridized carbons (Fsp3) is 0.450. The van der Waals surface area contributed by atoms with E-state index in [1.807, 2.05) is 23.1 Å². The lowest BCUT2D eigenvalue weighted by Crippen LogP contribution is -2.24. The number of alkyl halides is 3. The van der Waals surface area contributed by atoms with E-state index in [-0.39, 0.29) is 42.9 Å². The largest absolute Gasteiger partial charge is 0.421 e. The lowest BCUT2D eigenvalue weighted by Gasteiger charge is -2.20. The monoisotopic (exact) mass is 421 g/mol. The third kappa shape index (κ3) is 3.67. The van der Waals surface area contributed by atoms with Crippen LogP contribution in [0.15, 0.2) is 24.4 Å². The predicted molar refractivity (Wildman–Crippen MR) is 104 cm³/mol. The van der Waals surface area contributed by atoms with Crippen LogP contribution >= 0.6 is 0 Å². The van der Waals surface area contributed by atoms with Crippen molar-refractivity contribution in [3.05, 3.63) is 41.1 Å². The molecule has 0 radical (unpaired) electrons. The number of benzene rings is 1. The van der Waals surface area contributed by atoms with Gasteiger partial charge in [0, 0.05) is 32.5 Å². The first kappa shape index (κ1) is 20.4. The quantitative estimate of drug-likeness (QED) is 0.686. The van der Waals surface area contributed by atoms with Gasteiger partial charge in [0.15, 0.2) is 0 Å². The van der Waals surface area contributed by atoms with Gasteiger partial charge in [-0.2, -0.15) is 18.2 Å². The highest BCUT2D eigenvalue weighted by Crippen LogP contribution is 2.53. The summed E-state index contributed by atoms with van der Waals surface area (Å²) in [5, 5.41) is 5.63. The average molecular weight is 421 g/mol. The number of nitrogens with one attached hydrogen (secondary N) is 2. The van der Waals surface area contributed by atoms with E-state index in [9.17, 15) is 18.0 Å². The highest BCUT2D eigenvalue weighted by molar-refractivity contribution is 5.77. The molecule has 1 amide bonds. The smallest absolute Gasteiger partial charge is 0.383 e. The Bertz CT molecular complexity index is 966. The van der Waals surface area contributed by atoms with E-state index in [0.29, 0.717) is 5.69 Å². The Morgan fingerprint density at radius 1 is 1.27 bits per heavy atom. The van der Waals surface area contributed by atoms with Crippen molar-refractivity contribution in [2.45, 2.75) is 38.0 Å².